The first kappa shape index (κ1) is 14.4. The van der Waals surface area contributed by atoms with E-state index in [9.17, 15) is 13.2 Å². The molecule has 0 radical (unpaired) electrons. The van der Waals surface area contributed by atoms with Gasteiger partial charge in [0.2, 0.25) is 0 Å². The van der Waals surface area contributed by atoms with E-state index in [0.717, 1.165) is 11.3 Å². The summed E-state index contributed by atoms with van der Waals surface area (Å²) in [6.45, 7) is 3.12. The molecule has 0 bridgehead atoms. The zero-order valence-corrected chi connectivity index (χ0v) is 11.9. The zero-order valence-electron chi connectivity index (χ0n) is 9.48. The lowest BCUT2D eigenvalue weighted by Gasteiger charge is -2.10. The van der Waals surface area contributed by atoms with Crippen LogP contribution in [0.3, 0.4) is 0 Å². The van der Waals surface area contributed by atoms with Gasteiger partial charge < -0.3 is 4.74 Å². The molecule has 1 aromatic rings. The SMILES string of the molecule is COC(=O)C(C)NS(=O)(=O)c1cc(C)c(Cl)s1. The molecule has 96 valence electrons. The summed E-state index contributed by atoms with van der Waals surface area (Å²) in [5, 5.41) is 0. The normalized spacial score (nSPS) is 13.4. The van der Waals surface area contributed by atoms with Gasteiger partial charge in [-0.05, 0) is 25.5 Å². The number of halogens is 1. The number of carbonyl (C=O) groups excluding carboxylic acids is 1. The van der Waals surface area contributed by atoms with E-state index < -0.39 is 22.0 Å². The number of thiophene rings is 1. The van der Waals surface area contributed by atoms with Crippen molar-refractivity contribution in [1.29, 1.82) is 0 Å². The van der Waals surface area contributed by atoms with Gasteiger partial charge in [0.15, 0.2) is 0 Å². The maximum Gasteiger partial charge on any atom is 0.323 e. The van der Waals surface area contributed by atoms with E-state index in [1.807, 2.05) is 0 Å². The number of rotatable bonds is 4. The molecule has 1 rings (SSSR count). The smallest absolute Gasteiger partial charge is 0.323 e. The van der Waals surface area contributed by atoms with Crippen LogP contribution in [0.25, 0.3) is 0 Å². The van der Waals surface area contributed by atoms with E-state index in [-0.39, 0.29) is 4.21 Å². The Hall–Kier alpha value is -0.630. The molecule has 1 heterocycles. The average molecular weight is 298 g/mol. The maximum atomic E-state index is 11.9. The van der Waals surface area contributed by atoms with Crippen LogP contribution in [0.2, 0.25) is 4.34 Å². The highest BCUT2D eigenvalue weighted by molar-refractivity contribution is 7.91. The highest BCUT2D eigenvalue weighted by Crippen LogP contribution is 2.29. The second kappa shape index (κ2) is 5.34. The first-order valence-electron chi connectivity index (χ1n) is 4.64. The van der Waals surface area contributed by atoms with Crippen LogP contribution in [0.4, 0.5) is 0 Å². The molecule has 0 aliphatic carbocycles. The Balaban J connectivity index is 2.93. The van der Waals surface area contributed by atoms with Crippen molar-refractivity contribution in [3.05, 3.63) is 16.0 Å². The fourth-order valence-corrected chi connectivity index (χ4v) is 4.00. The lowest BCUT2D eigenvalue weighted by molar-refractivity contribution is -0.142. The van der Waals surface area contributed by atoms with Crippen LogP contribution in [0.5, 0.6) is 0 Å². The van der Waals surface area contributed by atoms with E-state index in [1.165, 1.54) is 20.1 Å². The summed E-state index contributed by atoms with van der Waals surface area (Å²) >= 11 is 6.74. The molecule has 0 saturated carbocycles. The predicted octanol–water partition coefficient (Wildman–Crippen LogP) is 1.55. The number of carbonyl (C=O) groups is 1. The quantitative estimate of drug-likeness (QED) is 0.856. The fraction of sp³-hybridized carbons (Fsp3) is 0.444. The highest BCUT2D eigenvalue weighted by Gasteiger charge is 2.24. The van der Waals surface area contributed by atoms with Crippen LogP contribution >= 0.6 is 22.9 Å². The minimum atomic E-state index is -3.73. The van der Waals surface area contributed by atoms with Gasteiger partial charge in [-0.3, -0.25) is 4.79 Å². The third-order valence-electron chi connectivity index (χ3n) is 1.99. The Morgan fingerprint density at radius 2 is 2.18 bits per heavy atom. The summed E-state index contributed by atoms with van der Waals surface area (Å²) in [5.74, 6) is -0.645. The number of hydrogen-bond acceptors (Lipinski definition) is 5. The van der Waals surface area contributed by atoms with Crippen LogP contribution in [-0.4, -0.2) is 27.5 Å². The van der Waals surface area contributed by atoms with Crippen LogP contribution in [-0.2, 0) is 19.6 Å². The summed E-state index contributed by atoms with van der Waals surface area (Å²) in [4.78, 5) is 11.1. The molecule has 0 amide bonds. The zero-order chi connectivity index (χ0) is 13.2. The highest BCUT2D eigenvalue weighted by atomic mass is 35.5. The molecule has 1 atom stereocenters. The maximum absolute atomic E-state index is 11.9. The van der Waals surface area contributed by atoms with Crippen molar-refractivity contribution >= 4 is 38.9 Å². The van der Waals surface area contributed by atoms with Gasteiger partial charge in [0.05, 0.1) is 11.4 Å². The molecule has 0 spiro atoms. The van der Waals surface area contributed by atoms with Crippen molar-refractivity contribution in [1.82, 2.24) is 4.72 Å². The molecular weight excluding hydrogens is 286 g/mol. The number of esters is 1. The molecule has 0 aromatic carbocycles. The molecule has 0 fully saturated rings. The van der Waals surface area contributed by atoms with Gasteiger partial charge in [-0.15, -0.1) is 11.3 Å². The Kier molecular flexibility index (Phi) is 4.54. The van der Waals surface area contributed by atoms with E-state index in [0.29, 0.717) is 9.90 Å². The van der Waals surface area contributed by atoms with Gasteiger partial charge in [-0.2, -0.15) is 4.72 Å². The Bertz CT molecular complexity index is 504. The third kappa shape index (κ3) is 3.41. The van der Waals surface area contributed by atoms with E-state index in [1.54, 1.807) is 6.92 Å². The van der Waals surface area contributed by atoms with Crippen molar-refractivity contribution in [2.45, 2.75) is 24.1 Å². The summed E-state index contributed by atoms with van der Waals surface area (Å²) in [6, 6.07) is 0.519. The largest absolute Gasteiger partial charge is 0.468 e. The summed E-state index contributed by atoms with van der Waals surface area (Å²) in [5.41, 5.74) is 0.683. The monoisotopic (exact) mass is 297 g/mol. The standard InChI is InChI=1S/C9H12ClNO4S2/c1-5-4-7(16-8(5)10)17(13,14)11-6(2)9(12)15-3/h4,6,11H,1-3H3. The van der Waals surface area contributed by atoms with Crippen LogP contribution < -0.4 is 4.72 Å². The van der Waals surface area contributed by atoms with Gasteiger partial charge in [0, 0.05) is 0 Å². The summed E-state index contributed by atoms with van der Waals surface area (Å²) in [7, 11) is -2.54. The number of hydrogen-bond donors (Lipinski definition) is 1. The Morgan fingerprint density at radius 3 is 2.59 bits per heavy atom. The second-order valence-corrected chi connectivity index (χ2v) is 6.98. The molecule has 0 aliphatic heterocycles. The molecule has 0 saturated heterocycles. The number of ether oxygens (including phenoxy) is 1. The van der Waals surface area contributed by atoms with E-state index >= 15 is 0 Å². The number of nitrogens with one attached hydrogen (secondary N) is 1. The van der Waals surface area contributed by atoms with Gasteiger partial charge >= 0.3 is 5.97 Å². The topological polar surface area (TPSA) is 72.5 Å². The molecule has 5 nitrogen and oxygen atoms in total. The van der Waals surface area contributed by atoms with Crippen LogP contribution in [0.1, 0.15) is 12.5 Å². The summed E-state index contributed by atoms with van der Waals surface area (Å²) < 4.78 is 30.9. The predicted molar refractivity (Wildman–Crippen MR) is 65.9 cm³/mol. The number of aryl methyl sites for hydroxylation is 1. The van der Waals surface area contributed by atoms with Crippen molar-refractivity contribution in [2.24, 2.45) is 0 Å². The summed E-state index contributed by atoms with van der Waals surface area (Å²) in [6.07, 6.45) is 0. The molecule has 1 aromatic heterocycles. The van der Waals surface area contributed by atoms with Crippen molar-refractivity contribution in [3.63, 3.8) is 0 Å². The van der Waals surface area contributed by atoms with Crippen molar-refractivity contribution < 1.29 is 17.9 Å². The number of sulfonamides is 1. The molecule has 8 heteroatoms. The molecular formula is C9H12ClNO4S2. The Labute approximate surface area is 109 Å². The minimum Gasteiger partial charge on any atom is -0.468 e. The Morgan fingerprint density at radius 1 is 1.59 bits per heavy atom. The van der Waals surface area contributed by atoms with Gasteiger partial charge in [-0.25, -0.2) is 8.42 Å². The van der Waals surface area contributed by atoms with Crippen molar-refractivity contribution in [2.75, 3.05) is 7.11 Å². The lowest BCUT2D eigenvalue weighted by Crippen LogP contribution is -2.38. The van der Waals surface area contributed by atoms with E-state index in [4.69, 9.17) is 11.6 Å². The number of methoxy groups -OCH3 is 1. The van der Waals surface area contributed by atoms with Gasteiger partial charge in [0.25, 0.3) is 10.0 Å². The fourth-order valence-electron chi connectivity index (χ4n) is 1.08. The van der Waals surface area contributed by atoms with Crippen LogP contribution in [0.15, 0.2) is 10.3 Å². The van der Waals surface area contributed by atoms with E-state index in [2.05, 4.69) is 9.46 Å². The molecule has 1 unspecified atom stereocenters. The molecule has 1 N–H and O–H groups in total. The van der Waals surface area contributed by atoms with Gasteiger partial charge in [-0.1, -0.05) is 11.6 Å². The first-order valence-corrected chi connectivity index (χ1v) is 7.31. The van der Waals surface area contributed by atoms with Crippen LogP contribution in [0, 0.1) is 6.92 Å². The lowest BCUT2D eigenvalue weighted by atomic mass is 10.4. The average Bonchev–Trinajstić information content (AvgIpc) is 2.58. The second-order valence-electron chi connectivity index (χ2n) is 3.39. The molecule has 17 heavy (non-hydrogen) atoms. The van der Waals surface area contributed by atoms with Crippen molar-refractivity contribution in [3.8, 4) is 0 Å². The van der Waals surface area contributed by atoms with Gasteiger partial charge in [0.1, 0.15) is 10.3 Å². The minimum absolute atomic E-state index is 0.0794. The third-order valence-corrected chi connectivity index (χ3v) is 5.56. The molecule has 0 aliphatic rings. The first-order chi connectivity index (χ1) is 7.77.